The fraction of sp³-hybridized carbons (Fsp3) is 1.00. The molecule has 0 radical (unpaired) electrons. The Morgan fingerprint density at radius 3 is 1.57 bits per heavy atom. The minimum Gasteiger partial charge on any atom is -0.398 e. The van der Waals surface area contributed by atoms with Gasteiger partial charge in [0.15, 0.2) is 0 Å². The summed E-state index contributed by atoms with van der Waals surface area (Å²) in [4.78, 5) is 0. The summed E-state index contributed by atoms with van der Waals surface area (Å²) in [6.45, 7) is 0. The molecule has 5 nitrogen and oxygen atoms in total. The smallest absolute Gasteiger partial charge is 0.398 e. The molecule has 0 aromatic rings. The zero-order chi connectivity index (χ0) is 16.2. The lowest BCUT2D eigenvalue weighted by molar-refractivity contribution is 0.123. The van der Waals surface area contributed by atoms with Crippen molar-refractivity contribution >= 4 is 40.0 Å². The Bertz CT molecular complexity index is 242. The van der Waals surface area contributed by atoms with Crippen molar-refractivity contribution in [3.63, 3.8) is 0 Å². The third kappa shape index (κ3) is 7.86. The molecule has 0 heterocycles. The number of unbranched alkanes of at least 4 members (excludes halogenated alkanes) is 3. The van der Waals surface area contributed by atoms with Crippen molar-refractivity contribution in [2.75, 3.05) is 40.0 Å². The van der Waals surface area contributed by atoms with E-state index in [4.69, 9.17) is 22.1 Å². The van der Waals surface area contributed by atoms with Gasteiger partial charge in [0.2, 0.25) is 0 Å². The summed E-state index contributed by atoms with van der Waals surface area (Å²) in [7, 11) is 3.74. The molecule has 0 bridgehead atoms. The minimum absolute atomic E-state index is 0.734. The van der Waals surface area contributed by atoms with E-state index in [1.807, 2.05) is 0 Å². The standard InChI is InChI=1S/C13H31IO5Si2/c1-15-20(16-2,11-9-7-6-8-10-14)12-13-21(17-3,18-4)19-5/h6-13H2,1-5H3. The van der Waals surface area contributed by atoms with Crippen molar-refractivity contribution in [1.29, 1.82) is 0 Å². The fourth-order valence-corrected chi connectivity index (χ4v) is 8.78. The summed E-state index contributed by atoms with van der Waals surface area (Å²) in [5.74, 6) is 0. The molecule has 0 amide bonds. The molecular weight excluding hydrogens is 419 g/mol. The molecule has 0 rings (SSSR count). The van der Waals surface area contributed by atoms with Crippen LogP contribution in [0.3, 0.4) is 0 Å². The van der Waals surface area contributed by atoms with Crippen molar-refractivity contribution in [2.24, 2.45) is 0 Å². The van der Waals surface area contributed by atoms with Crippen LogP contribution >= 0.6 is 22.6 Å². The SMILES string of the molecule is CO[Si](CCCCCCI)(CC[Si](OC)(OC)OC)OC. The van der Waals surface area contributed by atoms with E-state index in [0.29, 0.717) is 0 Å². The summed E-state index contributed by atoms with van der Waals surface area (Å²) >= 11 is 2.43. The average molecular weight is 450 g/mol. The first-order valence-corrected chi connectivity index (χ1v) is 13.1. The lowest BCUT2D eigenvalue weighted by atomic mass is 10.2. The summed E-state index contributed by atoms with van der Waals surface area (Å²) in [5.41, 5.74) is 0. The first kappa shape index (κ1) is 22.0. The maximum absolute atomic E-state index is 5.79. The normalized spacial score (nSPS) is 12.9. The van der Waals surface area contributed by atoms with Gasteiger partial charge in [-0.2, -0.15) is 0 Å². The van der Waals surface area contributed by atoms with Crippen LogP contribution in [0.1, 0.15) is 25.7 Å². The number of hydrogen-bond acceptors (Lipinski definition) is 5. The second-order valence-electron chi connectivity index (χ2n) is 4.97. The molecular formula is C13H31IO5Si2. The molecule has 0 fully saturated rings. The quantitative estimate of drug-likeness (QED) is 0.175. The Morgan fingerprint density at radius 2 is 1.14 bits per heavy atom. The average Bonchev–Trinajstić information content (AvgIpc) is 2.54. The summed E-state index contributed by atoms with van der Waals surface area (Å²) in [6.07, 6.45) is 4.98. The van der Waals surface area contributed by atoms with Gasteiger partial charge in [-0.25, -0.2) is 0 Å². The molecule has 0 saturated heterocycles. The predicted octanol–water partition coefficient (Wildman–Crippen LogP) is 3.59. The van der Waals surface area contributed by atoms with Crippen molar-refractivity contribution < 1.29 is 22.1 Å². The summed E-state index contributed by atoms with van der Waals surface area (Å²) < 4.78 is 29.3. The minimum atomic E-state index is -2.55. The van der Waals surface area contributed by atoms with Crippen LogP contribution in [0.15, 0.2) is 0 Å². The van der Waals surface area contributed by atoms with E-state index in [9.17, 15) is 0 Å². The van der Waals surface area contributed by atoms with Gasteiger partial charge < -0.3 is 22.1 Å². The highest BCUT2D eigenvalue weighted by Gasteiger charge is 2.44. The maximum atomic E-state index is 5.79. The molecule has 0 aliphatic heterocycles. The molecule has 21 heavy (non-hydrogen) atoms. The molecule has 0 spiro atoms. The van der Waals surface area contributed by atoms with Gasteiger partial charge >= 0.3 is 17.4 Å². The Labute approximate surface area is 145 Å². The molecule has 0 aliphatic rings. The van der Waals surface area contributed by atoms with Gasteiger partial charge in [-0.1, -0.05) is 41.9 Å². The van der Waals surface area contributed by atoms with Gasteiger partial charge in [-0.3, -0.25) is 0 Å². The zero-order valence-corrected chi connectivity index (χ0v) is 18.2. The van der Waals surface area contributed by atoms with E-state index >= 15 is 0 Å². The number of halogens is 1. The molecule has 0 saturated carbocycles. The van der Waals surface area contributed by atoms with Crippen molar-refractivity contribution in [3.05, 3.63) is 0 Å². The van der Waals surface area contributed by atoms with E-state index in [0.717, 1.165) is 24.6 Å². The predicted molar refractivity (Wildman–Crippen MR) is 98.3 cm³/mol. The Balaban J connectivity index is 4.44. The van der Waals surface area contributed by atoms with Crippen LogP contribution in [0.5, 0.6) is 0 Å². The van der Waals surface area contributed by atoms with E-state index in [2.05, 4.69) is 22.6 Å². The monoisotopic (exact) mass is 450 g/mol. The van der Waals surface area contributed by atoms with Crippen molar-refractivity contribution in [2.45, 2.75) is 43.8 Å². The summed E-state index contributed by atoms with van der Waals surface area (Å²) in [6, 6.07) is 2.59. The van der Waals surface area contributed by atoms with Gasteiger partial charge in [0.05, 0.1) is 0 Å². The topological polar surface area (TPSA) is 46.2 Å². The van der Waals surface area contributed by atoms with Crippen LogP contribution < -0.4 is 0 Å². The van der Waals surface area contributed by atoms with Crippen LogP contribution in [-0.4, -0.2) is 57.3 Å². The highest BCUT2D eigenvalue weighted by molar-refractivity contribution is 14.1. The van der Waals surface area contributed by atoms with Crippen molar-refractivity contribution in [1.82, 2.24) is 0 Å². The largest absolute Gasteiger partial charge is 0.500 e. The fourth-order valence-electron chi connectivity index (χ4n) is 2.36. The second-order valence-corrected chi connectivity index (χ2v) is 12.8. The first-order chi connectivity index (χ1) is 10.1. The third-order valence-electron chi connectivity index (χ3n) is 3.93. The van der Waals surface area contributed by atoms with Crippen LogP contribution in [0.4, 0.5) is 0 Å². The number of alkyl halides is 1. The lowest BCUT2D eigenvalue weighted by Gasteiger charge is -2.31. The van der Waals surface area contributed by atoms with Crippen molar-refractivity contribution in [3.8, 4) is 0 Å². The van der Waals surface area contributed by atoms with Gasteiger partial charge in [0.1, 0.15) is 0 Å². The maximum Gasteiger partial charge on any atom is 0.500 e. The molecule has 0 N–H and O–H groups in total. The van der Waals surface area contributed by atoms with E-state index in [-0.39, 0.29) is 0 Å². The number of rotatable bonds is 14. The van der Waals surface area contributed by atoms with Crippen LogP contribution in [0.2, 0.25) is 18.1 Å². The van der Waals surface area contributed by atoms with Crippen LogP contribution in [0.25, 0.3) is 0 Å². The molecule has 0 aliphatic carbocycles. The Hall–Kier alpha value is 0.964. The molecule has 128 valence electrons. The van der Waals surface area contributed by atoms with Gasteiger partial charge in [-0.15, -0.1) is 0 Å². The second kappa shape index (κ2) is 12.4. The van der Waals surface area contributed by atoms with Gasteiger partial charge in [-0.05, 0) is 22.9 Å². The van der Waals surface area contributed by atoms with Crippen LogP contribution in [-0.2, 0) is 22.1 Å². The third-order valence-corrected chi connectivity index (χ3v) is 11.5. The summed E-state index contributed by atoms with van der Waals surface area (Å²) in [5, 5.41) is 0. The molecule has 8 heteroatoms. The number of hydrogen-bond donors (Lipinski definition) is 0. The van der Waals surface area contributed by atoms with E-state index in [1.165, 1.54) is 23.7 Å². The molecule has 0 aromatic heterocycles. The van der Waals surface area contributed by atoms with E-state index in [1.54, 1.807) is 35.5 Å². The Morgan fingerprint density at radius 1 is 0.619 bits per heavy atom. The molecule has 0 unspecified atom stereocenters. The van der Waals surface area contributed by atoms with Gasteiger partial charge in [0.25, 0.3) is 0 Å². The van der Waals surface area contributed by atoms with E-state index < -0.39 is 17.4 Å². The first-order valence-electron chi connectivity index (χ1n) is 7.39. The van der Waals surface area contributed by atoms with Gasteiger partial charge in [0, 0.05) is 41.6 Å². The highest BCUT2D eigenvalue weighted by atomic mass is 127. The Kier molecular flexibility index (Phi) is 13.0. The lowest BCUT2D eigenvalue weighted by Crippen LogP contribution is -2.47. The van der Waals surface area contributed by atoms with Crippen LogP contribution in [0, 0.1) is 0 Å². The highest BCUT2D eigenvalue weighted by Crippen LogP contribution is 2.27. The molecule has 0 atom stereocenters. The molecule has 0 aromatic carbocycles. The zero-order valence-electron chi connectivity index (χ0n) is 14.1.